The molecule has 2 aliphatic heterocycles. The van der Waals surface area contributed by atoms with Gasteiger partial charge in [0.2, 0.25) is 5.17 Å². The zero-order valence-electron chi connectivity index (χ0n) is 16.9. The molecule has 2 aromatic rings. The van der Waals surface area contributed by atoms with Crippen LogP contribution in [0.1, 0.15) is 24.5 Å². The Hall–Kier alpha value is -2.91. The maximum absolute atomic E-state index is 12.5. The van der Waals surface area contributed by atoms with E-state index in [1.165, 1.54) is 16.8 Å². The number of hydrazone groups is 1. The highest BCUT2D eigenvalue weighted by molar-refractivity contribution is 9.10. The number of carbonyl (C=O) groups is 1. The number of fused-ring (bicyclic) bond motifs is 1. The summed E-state index contributed by atoms with van der Waals surface area (Å²) in [6, 6.07) is 13.2. The van der Waals surface area contributed by atoms with E-state index in [4.69, 9.17) is 14.9 Å². The largest absolute Gasteiger partial charge is 0.493 e. The molecule has 0 fully saturated rings. The van der Waals surface area contributed by atoms with Gasteiger partial charge in [-0.2, -0.15) is 15.1 Å². The van der Waals surface area contributed by atoms with Crippen LogP contribution in [0.2, 0.25) is 0 Å². The molecule has 1 N–H and O–H groups in total. The number of rotatable bonds is 6. The molecule has 0 bridgehead atoms. The molecule has 158 valence electrons. The van der Waals surface area contributed by atoms with Crippen molar-refractivity contribution >= 4 is 55.7 Å². The maximum atomic E-state index is 12.5. The smallest absolute Gasteiger partial charge is 0.283 e. The fourth-order valence-electron chi connectivity index (χ4n) is 2.98. The van der Waals surface area contributed by atoms with Crippen molar-refractivity contribution in [2.24, 2.45) is 10.1 Å². The number of nitrogens with zero attached hydrogens (tertiary/aromatic N) is 3. The molecule has 2 aromatic carbocycles. The number of benzene rings is 2. The summed E-state index contributed by atoms with van der Waals surface area (Å²) in [7, 11) is 1.56. The number of nitrogens with one attached hydrogen (secondary N) is 1. The summed E-state index contributed by atoms with van der Waals surface area (Å²) in [5, 5.41) is 15.4. The van der Waals surface area contributed by atoms with Crippen LogP contribution in [0.5, 0.6) is 11.5 Å². The third-order valence-electron chi connectivity index (χ3n) is 4.61. The molecule has 0 spiro atoms. The summed E-state index contributed by atoms with van der Waals surface area (Å²) in [5.41, 5.74) is 1.91. The minimum Gasteiger partial charge on any atom is -0.493 e. The Balaban J connectivity index is 1.55. The Morgan fingerprint density at radius 2 is 1.97 bits per heavy atom. The number of aliphatic imine (C=N–C) groups is 1. The summed E-state index contributed by atoms with van der Waals surface area (Å²) in [4.78, 5) is 16.6. The Labute approximate surface area is 192 Å². The van der Waals surface area contributed by atoms with Gasteiger partial charge in [0.05, 0.1) is 12.7 Å². The van der Waals surface area contributed by atoms with Gasteiger partial charge >= 0.3 is 0 Å². The van der Waals surface area contributed by atoms with Crippen LogP contribution in [0.4, 0.5) is 0 Å². The van der Waals surface area contributed by atoms with Gasteiger partial charge in [-0.05, 0) is 59.7 Å². The first-order valence-electron chi connectivity index (χ1n) is 9.53. The molecule has 0 unspecified atom stereocenters. The number of carbonyl (C=O) groups excluding carboxylic acids is 1. The van der Waals surface area contributed by atoms with E-state index in [0.717, 1.165) is 21.5 Å². The number of thioether (sulfide) groups is 1. The van der Waals surface area contributed by atoms with Crippen LogP contribution in [-0.2, 0) is 11.4 Å². The molecule has 0 aliphatic carbocycles. The van der Waals surface area contributed by atoms with E-state index in [1.54, 1.807) is 25.3 Å². The zero-order valence-corrected chi connectivity index (χ0v) is 19.3. The van der Waals surface area contributed by atoms with Gasteiger partial charge in [0, 0.05) is 4.47 Å². The highest BCUT2D eigenvalue weighted by atomic mass is 79.9. The Bertz CT molecular complexity index is 1140. The van der Waals surface area contributed by atoms with Crippen molar-refractivity contribution in [1.29, 1.82) is 5.41 Å². The summed E-state index contributed by atoms with van der Waals surface area (Å²) >= 11 is 4.74. The summed E-state index contributed by atoms with van der Waals surface area (Å²) in [6.07, 6.45) is 2.34. The van der Waals surface area contributed by atoms with E-state index >= 15 is 0 Å². The molecule has 2 heterocycles. The summed E-state index contributed by atoms with van der Waals surface area (Å²) < 4.78 is 12.4. The highest BCUT2D eigenvalue weighted by Crippen LogP contribution is 2.32. The quantitative estimate of drug-likeness (QED) is 0.561. The van der Waals surface area contributed by atoms with E-state index in [9.17, 15) is 4.79 Å². The number of hydrogen-bond acceptors (Lipinski definition) is 6. The van der Waals surface area contributed by atoms with Crippen LogP contribution in [0.25, 0.3) is 6.08 Å². The van der Waals surface area contributed by atoms with Crippen LogP contribution >= 0.6 is 27.7 Å². The molecule has 0 radical (unpaired) electrons. The van der Waals surface area contributed by atoms with Crippen LogP contribution in [0.15, 0.2) is 62.6 Å². The van der Waals surface area contributed by atoms with Crippen molar-refractivity contribution in [3.8, 4) is 11.5 Å². The molecule has 0 saturated heterocycles. The maximum Gasteiger partial charge on any atom is 0.283 e. The number of methoxy groups -OCH3 is 1. The molecule has 31 heavy (non-hydrogen) atoms. The van der Waals surface area contributed by atoms with E-state index in [2.05, 4.69) is 26.0 Å². The lowest BCUT2D eigenvalue weighted by Crippen LogP contribution is -2.35. The van der Waals surface area contributed by atoms with Gasteiger partial charge in [0.15, 0.2) is 17.3 Å². The van der Waals surface area contributed by atoms with Crippen molar-refractivity contribution in [3.05, 3.63) is 63.6 Å². The minimum absolute atomic E-state index is 0.0143. The summed E-state index contributed by atoms with van der Waals surface area (Å²) in [5.74, 6) is 0.686. The minimum atomic E-state index is -0.453. The molecule has 0 saturated carbocycles. The number of ether oxygens (including phenoxy) is 2. The molecular formula is C22H19BrN4O3S. The molecule has 2 aliphatic rings. The number of halogens is 1. The molecule has 9 heteroatoms. The average Bonchev–Trinajstić information content (AvgIpc) is 3.20. The topological polar surface area (TPSA) is 87.3 Å². The standard InChI is InChI=1S/C22H19BrN4O3S/c1-3-19-26-27-20(24)16(21(28)25-22(27)31-19)10-14-6-9-17(18(11-14)29-2)30-12-13-4-7-15(23)8-5-13/h4-11,24H,3,12H2,1-2H3. The molecule has 7 nitrogen and oxygen atoms in total. The molecule has 0 atom stereocenters. The van der Waals surface area contributed by atoms with Crippen molar-refractivity contribution < 1.29 is 14.3 Å². The predicted molar refractivity (Wildman–Crippen MR) is 127 cm³/mol. The second-order valence-electron chi connectivity index (χ2n) is 6.69. The normalized spacial score (nSPS) is 16.9. The Morgan fingerprint density at radius 3 is 2.68 bits per heavy atom. The highest BCUT2D eigenvalue weighted by Gasteiger charge is 2.35. The van der Waals surface area contributed by atoms with E-state index in [1.807, 2.05) is 37.3 Å². The monoisotopic (exact) mass is 498 g/mol. The molecule has 0 aromatic heterocycles. The van der Waals surface area contributed by atoms with Crippen molar-refractivity contribution in [1.82, 2.24) is 5.01 Å². The lowest BCUT2D eigenvalue weighted by Gasteiger charge is -2.20. The third kappa shape index (κ3) is 4.57. The first kappa shape index (κ1) is 21.3. The van der Waals surface area contributed by atoms with Gasteiger partial charge < -0.3 is 9.47 Å². The Morgan fingerprint density at radius 1 is 1.19 bits per heavy atom. The SMILES string of the molecule is CCC1=NN2C(=N)C(=Cc3ccc(OCc4ccc(Br)cc4)c(OC)c3)C(=O)N=C2S1. The van der Waals surface area contributed by atoms with Crippen molar-refractivity contribution in [2.45, 2.75) is 20.0 Å². The van der Waals surface area contributed by atoms with Gasteiger partial charge in [0.25, 0.3) is 5.91 Å². The molecule has 1 amide bonds. The van der Waals surface area contributed by atoms with Crippen LogP contribution in [-0.4, -0.2) is 34.1 Å². The van der Waals surface area contributed by atoms with Crippen LogP contribution < -0.4 is 9.47 Å². The van der Waals surface area contributed by atoms with Crippen molar-refractivity contribution in [3.63, 3.8) is 0 Å². The fraction of sp³-hybridized carbons (Fsp3) is 0.182. The van der Waals surface area contributed by atoms with Crippen LogP contribution in [0, 0.1) is 5.41 Å². The predicted octanol–water partition coefficient (Wildman–Crippen LogP) is 5.07. The van der Waals surface area contributed by atoms with Gasteiger partial charge in [-0.15, -0.1) is 0 Å². The average molecular weight is 499 g/mol. The number of hydrogen-bond donors (Lipinski definition) is 1. The number of amidine groups is 2. The van der Waals surface area contributed by atoms with Gasteiger partial charge in [-0.25, -0.2) is 0 Å². The first-order chi connectivity index (χ1) is 15.0. The van der Waals surface area contributed by atoms with E-state index < -0.39 is 5.91 Å². The fourth-order valence-corrected chi connectivity index (χ4v) is 4.07. The van der Waals surface area contributed by atoms with Gasteiger partial charge in [-0.1, -0.05) is 41.1 Å². The van der Waals surface area contributed by atoms with Crippen LogP contribution in [0.3, 0.4) is 0 Å². The van der Waals surface area contributed by atoms with E-state index in [0.29, 0.717) is 28.8 Å². The second kappa shape index (κ2) is 9.07. The lowest BCUT2D eigenvalue weighted by molar-refractivity contribution is -0.114. The molecular weight excluding hydrogens is 480 g/mol. The molecule has 4 rings (SSSR count). The van der Waals surface area contributed by atoms with Crippen molar-refractivity contribution in [2.75, 3.05) is 7.11 Å². The van der Waals surface area contributed by atoms with Gasteiger partial charge in [-0.3, -0.25) is 10.2 Å². The first-order valence-corrected chi connectivity index (χ1v) is 11.1. The third-order valence-corrected chi connectivity index (χ3v) is 6.19. The number of amides is 1. The zero-order chi connectivity index (χ0) is 22.0. The van der Waals surface area contributed by atoms with Gasteiger partial charge in [0.1, 0.15) is 11.7 Å². The lowest BCUT2D eigenvalue weighted by atomic mass is 10.1. The summed E-state index contributed by atoms with van der Waals surface area (Å²) in [6.45, 7) is 2.37. The Kier molecular flexibility index (Phi) is 6.24. The second-order valence-corrected chi connectivity index (χ2v) is 8.65. The van der Waals surface area contributed by atoms with E-state index in [-0.39, 0.29) is 11.4 Å².